The van der Waals surface area contributed by atoms with Crippen LogP contribution in [0.1, 0.15) is 64.4 Å². The van der Waals surface area contributed by atoms with Crippen LogP contribution in [0.5, 0.6) is 11.9 Å². The number of halogens is 2. The number of likely N-dealkylation sites (tertiary alicyclic amines) is 1. The number of hydrogen-bond donors (Lipinski definition) is 3. The Kier molecular flexibility index (Phi) is 8.81. The van der Waals surface area contributed by atoms with Crippen molar-refractivity contribution < 1.29 is 28.8 Å². The standard InChI is InChI=1S/C37H47ClFN7O5/c1-21-24(38)13-25-23(16-40-44-25)27(21)30-29(39)31-28(33(41-30)49-4)32(45-11-12-50-19-36(3,48)17-45)43-34(42-31)51-20-37-8-5-7-26(37)46(10-6-9-37)22-14-35(2,15-22)18-47/h13,16,22,26,47-48H,5-12,14-15,17-20H2,1-4H3,(H,40,44)/t22?,26-,35?,36+,37-/m1/s1. The zero-order valence-electron chi connectivity index (χ0n) is 29.8. The molecule has 4 aromatic rings. The highest BCUT2D eigenvalue weighted by atomic mass is 35.5. The van der Waals surface area contributed by atoms with Crippen molar-refractivity contribution in [2.24, 2.45) is 10.8 Å². The lowest BCUT2D eigenvalue weighted by Crippen LogP contribution is -2.60. The third-order valence-electron chi connectivity index (χ3n) is 12.0. The van der Waals surface area contributed by atoms with E-state index < -0.39 is 11.4 Å². The van der Waals surface area contributed by atoms with Gasteiger partial charge in [-0.15, -0.1) is 0 Å². The summed E-state index contributed by atoms with van der Waals surface area (Å²) in [4.78, 5) is 19.0. The van der Waals surface area contributed by atoms with Gasteiger partial charge in [0, 0.05) is 46.6 Å². The number of aliphatic hydroxyl groups excluding tert-OH is 1. The van der Waals surface area contributed by atoms with Crippen molar-refractivity contribution >= 4 is 39.2 Å². The molecule has 2 aliphatic carbocycles. The fourth-order valence-electron chi connectivity index (χ4n) is 9.39. The lowest BCUT2D eigenvalue weighted by Gasteiger charge is -2.56. The number of ether oxygens (including phenoxy) is 3. The highest BCUT2D eigenvalue weighted by Gasteiger charge is 2.53. The summed E-state index contributed by atoms with van der Waals surface area (Å²) >= 11 is 6.63. The van der Waals surface area contributed by atoms with Gasteiger partial charge in [-0.25, -0.2) is 9.37 Å². The van der Waals surface area contributed by atoms with Crippen molar-refractivity contribution in [3.63, 3.8) is 0 Å². The first-order valence-corrected chi connectivity index (χ1v) is 18.4. The van der Waals surface area contributed by atoms with Crippen LogP contribution in [0.3, 0.4) is 0 Å². The van der Waals surface area contributed by atoms with Gasteiger partial charge in [0.25, 0.3) is 0 Å². The molecule has 0 unspecified atom stereocenters. The number of pyridine rings is 1. The second-order valence-corrected chi connectivity index (χ2v) is 16.3. The highest BCUT2D eigenvalue weighted by molar-refractivity contribution is 6.33. The van der Waals surface area contributed by atoms with Crippen molar-refractivity contribution in [1.82, 2.24) is 30.0 Å². The molecule has 12 nitrogen and oxygen atoms in total. The number of anilines is 1. The maximum Gasteiger partial charge on any atom is 0.319 e. The molecule has 4 aliphatic rings. The third-order valence-corrected chi connectivity index (χ3v) is 12.4. The molecule has 3 aromatic heterocycles. The number of H-pyrrole nitrogens is 1. The molecule has 2 saturated heterocycles. The van der Waals surface area contributed by atoms with Crippen LogP contribution in [0.4, 0.5) is 10.2 Å². The van der Waals surface area contributed by atoms with Crippen LogP contribution in [0, 0.1) is 23.6 Å². The first-order chi connectivity index (χ1) is 24.4. The summed E-state index contributed by atoms with van der Waals surface area (Å²) in [5, 5.41) is 29.6. The van der Waals surface area contributed by atoms with Crippen LogP contribution in [0.15, 0.2) is 12.3 Å². The smallest absolute Gasteiger partial charge is 0.319 e. The molecule has 51 heavy (non-hydrogen) atoms. The highest BCUT2D eigenvalue weighted by Crippen LogP contribution is 2.53. The van der Waals surface area contributed by atoms with Gasteiger partial charge in [-0.2, -0.15) is 15.1 Å². The average Bonchev–Trinajstić information content (AvgIpc) is 3.71. The number of nitrogens with zero attached hydrogens (tertiary/aromatic N) is 6. The molecule has 8 rings (SSSR count). The fourth-order valence-corrected chi connectivity index (χ4v) is 9.59. The fraction of sp³-hybridized carbons (Fsp3) is 0.622. The van der Waals surface area contributed by atoms with Crippen LogP contribution < -0.4 is 14.4 Å². The Morgan fingerprint density at radius 1 is 1.16 bits per heavy atom. The minimum absolute atomic E-state index is 0.00109. The van der Waals surface area contributed by atoms with Gasteiger partial charge in [-0.05, 0) is 76.0 Å². The number of hydrogen-bond acceptors (Lipinski definition) is 11. The number of rotatable bonds is 8. The molecule has 3 N–H and O–H groups in total. The van der Waals surface area contributed by atoms with Crippen molar-refractivity contribution in [1.29, 1.82) is 0 Å². The lowest BCUT2D eigenvalue weighted by atomic mass is 9.65. The second-order valence-electron chi connectivity index (χ2n) is 15.9. The molecule has 1 aromatic carbocycles. The molecule has 0 radical (unpaired) electrons. The van der Waals surface area contributed by atoms with E-state index in [0.717, 1.165) is 51.5 Å². The Balaban J connectivity index is 1.23. The molecular weight excluding hydrogens is 677 g/mol. The Labute approximate surface area is 301 Å². The van der Waals surface area contributed by atoms with Gasteiger partial charge in [-0.1, -0.05) is 24.9 Å². The molecule has 14 heteroatoms. The summed E-state index contributed by atoms with van der Waals surface area (Å²) in [5.74, 6) is -0.172. The summed E-state index contributed by atoms with van der Waals surface area (Å²) in [6.07, 6.45) is 9.00. The van der Waals surface area contributed by atoms with E-state index in [-0.39, 0.29) is 59.1 Å². The average molecular weight is 724 g/mol. The molecular formula is C37H47ClFN7O5. The van der Waals surface area contributed by atoms with Gasteiger partial charge in [0.1, 0.15) is 28.0 Å². The molecule has 274 valence electrons. The number of aliphatic hydroxyl groups is 2. The number of piperidine rings is 1. The number of aromatic nitrogens is 5. The molecule has 0 bridgehead atoms. The maximum absolute atomic E-state index is 17.2. The Morgan fingerprint density at radius 2 is 1.96 bits per heavy atom. The normalized spacial score (nSPS) is 30.0. The van der Waals surface area contributed by atoms with E-state index in [1.807, 2.05) is 11.8 Å². The van der Waals surface area contributed by atoms with E-state index in [1.165, 1.54) is 7.11 Å². The summed E-state index contributed by atoms with van der Waals surface area (Å²) in [7, 11) is 1.48. The van der Waals surface area contributed by atoms with E-state index in [0.29, 0.717) is 64.7 Å². The molecule has 0 spiro atoms. The number of fused-ring (bicyclic) bond motifs is 3. The van der Waals surface area contributed by atoms with E-state index in [1.54, 1.807) is 19.2 Å². The molecule has 2 aliphatic heterocycles. The Morgan fingerprint density at radius 3 is 2.75 bits per heavy atom. The van der Waals surface area contributed by atoms with Crippen LogP contribution in [0.25, 0.3) is 33.1 Å². The predicted octanol–water partition coefficient (Wildman–Crippen LogP) is 5.44. The summed E-state index contributed by atoms with van der Waals surface area (Å²) in [5.41, 5.74) is 0.547. The van der Waals surface area contributed by atoms with Gasteiger partial charge in [0.15, 0.2) is 5.82 Å². The van der Waals surface area contributed by atoms with E-state index in [9.17, 15) is 10.2 Å². The lowest BCUT2D eigenvalue weighted by molar-refractivity contribution is -0.0884. The monoisotopic (exact) mass is 723 g/mol. The van der Waals surface area contributed by atoms with Gasteiger partial charge in [0.2, 0.25) is 5.88 Å². The quantitative estimate of drug-likeness (QED) is 0.214. The largest absolute Gasteiger partial charge is 0.480 e. The van der Waals surface area contributed by atoms with Crippen LogP contribution >= 0.6 is 11.6 Å². The van der Waals surface area contributed by atoms with Crippen molar-refractivity contribution in [3.8, 4) is 23.1 Å². The van der Waals surface area contributed by atoms with Crippen molar-refractivity contribution in [2.45, 2.75) is 83.4 Å². The number of nitrogens with one attached hydrogen (secondary N) is 1. The third kappa shape index (κ3) is 5.98. The van der Waals surface area contributed by atoms with Crippen LogP contribution in [0.2, 0.25) is 5.02 Å². The van der Waals surface area contributed by atoms with Gasteiger partial charge in [0.05, 0.1) is 45.2 Å². The second kappa shape index (κ2) is 12.9. The summed E-state index contributed by atoms with van der Waals surface area (Å²) < 4.78 is 35.4. The first kappa shape index (κ1) is 34.7. The van der Waals surface area contributed by atoms with Crippen molar-refractivity contribution in [3.05, 3.63) is 28.7 Å². The van der Waals surface area contributed by atoms with Gasteiger partial charge >= 0.3 is 6.01 Å². The molecule has 4 fully saturated rings. The zero-order valence-corrected chi connectivity index (χ0v) is 30.5. The van der Waals surface area contributed by atoms with E-state index in [4.69, 9.17) is 40.8 Å². The number of β-amino-alcohol motifs (C(OH)–C–C–N with tert-alkyl or cyclic N) is 1. The summed E-state index contributed by atoms with van der Waals surface area (Å²) in [6.45, 7) is 8.45. The van der Waals surface area contributed by atoms with E-state index >= 15 is 4.39 Å². The first-order valence-electron chi connectivity index (χ1n) is 18.1. The van der Waals surface area contributed by atoms with Crippen LogP contribution in [-0.2, 0) is 4.74 Å². The van der Waals surface area contributed by atoms with Gasteiger partial charge < -0.3 is 29.3 Å². The molecule has 0 amide bonds. The number of methoxy groups -OCH3 is 1. The predicted molar refractivity (Wildman–Crippen MR) is 192 cm³/mol. The topological polar surface area (TPSA) is 142 Å². The zero-order chi connectivity index (χ0) is 35.7. The Hall–Kier alpha value is -3.36. The number of benzene rings is 1. The summed E-state index contributed by atoms with van der Waals surface area (Å²) in [6, 6.07) is 2.66. The van der Waals surface area contributed by atoms with E-state index in [2.05, 4.69) is 22.0 Å². The molecule has 3 atom stereocenters. The molecule has 5 heterocycles. The maximum atomic E-state index is 17.2. The van der Waals surface area contributed by atoms with Crippen molar-refractivity contribution in [2.75, 3.05) is 58.1 Å². The minimum Gasteiger partial charge on any atom is -0.480 e. The van der Waals surface area contributed by atoms with Gasteiger partial charge in [-0.3, -0.25) is 10.00 Å². The van der Waals surface area contributed by atoms with Crippen LogP contribution in [-0.4, -0.2) is 111 Å². The SMILES string of the molecule is COc1nc(-c2c(C)c(Cl)cc3[nH]ncc23)c(F)c2nc(OC[C@]34CCC[C@H]3N(C3CC(C)(CO)C3)CCC4)nc(N3CCOC[C@@](C)(O)C3)c12. The number of aromatic amines is 1. The minimum atomic E-state index is -1.19. The molecule has 2 saturated carbocycles. The Bertz CT molecular complexity index is 1970.